The van der Waals surface area contributed by atoms with Crippen LogP contribution in [0.5, 0.6) is 0 Å². The van der Waals surface area contributed by atoms with Gasteiger partial charge < -0.3 is 9.14 Å². The lowest BCUT2D eigenvalue weighted by molar-refractivity contribution is 0.0526. The zero-order chi connectivity index (χ0) is 17.3. The molecule has 0 aliphatic rings. The molecule has 0 saturated carbocycles. The molecule has 3 aromatic rings. The summed E-state index contributed by atoms with van der Waals surface area (Å²) < 4.78 is 6.80. The largest absolute Gasteiger partial charge is 0.462 e. The number of hydrogen-bond acceptors (Lipinski definition) is 3. The van der Waals surface area contributed by atoms with Gasteiger partial charge in [-0.3, -0.25) is 4.79 Å². The maximum atomic E-state index is 12.8. The predicted molar refractivity (Wildman–Crippen MR) is 93.0 cm³/mol. The molecular weight excluding hydrogens is 326 g/mol. The Bertz CT molecular complexity index is 926. The molecule has 0 radical (unpaired) electrons. The van der Waals surface area contributed by atoms with Crippen molar-refractivity contribution in [2.45, 2.75) is 13.8 Å². The molecule has 2 aromatic heterocycles. The van der Waals surface area contributed by atoms with Crippen molar-refractivity contribution in [1.82, 2.24) is 4.40 Å². The van der Waals surface area contributed by atoms with Crippen LogP contribution >= 0.6 is 11.6 Å². The van der Waals surface area contributed by atoms with Gasteiger partial charge in [0.1, 0.15) is 0 Å². The first-order valence-corrected chi connectivity index (χ1v) is 7.98. The smallest absolute Gasteiger partial charge is 0.338 e. The van der Waals surface area contributed by atoms with Gasteiger partial charge in [0, 0.05) is 22.3 Å². The molecule has 0 fully saturated rings. The molecule has 0 amide bonds. The SMILES string of the molecule is CCOC(=O)c1ccn2c(C(=O)c3ccc(Cl)cc3)c(C)cc2c1. The van der Waals surface area contributed by atoms with E-state index in [-0.39, 0.29) is 11.8 Å². The predicted octanol–water partition coefficient (Wildman–Crippen LogP) is 4.31. The number of aryl methyl sites for hydroxylation is 1. The highest BCUT2D eigenvalue weighted by Gasteiger charge is 2.18. The first-order valence-electron chi connectivity index (χ1n) is 7.60. The van der Waals surface area contributed by atoms with E-state index in [0.29, 0.717) is 28.5 Å². The van der Waals surface area contributed by atoms with Gasteiger partial charge in [-0.15, -0.1) is 0 Å². The number of benzene rings is 1. The Kier molecular flexibility index (Phi) is 4.40. The number of nitrogens with zero attached hydrogens (tertiary/aromatic N) is 1. The summed E-state index contributed by atoms with van der Waals surface area (Å²) in [5.74, 6) is -0.461. The fourth-order valence-corrected chi connectivity index (χ4v) is 2.81. The zero-order valence-corrected chi connectivity index (χ0v) is 14.1. The summed E-state index contributed by atoms with van der Waals surface area (Å²) in [5, 5.41) is 0.586. The number of rotatable bonds is 4. The molecule has 0 bridgehead atoms. The normalized spacial score (nSPS) is 10.8. The van der Waals surface area contributed by atoms with Gasteiger partial charge in [0.25, 0.3) is 0 Å². The summed E-state index contributed by atoms with van der Waals surface area (Å²) >= 11 is 5.88. The highest BCUT2D eigenvalue weighted by atomic mass is 35.5. The molecule has 0 saturated heterocycles. The highest BCUT2D eigenvalue weighted by molar-refractivity contribution is 6.30. The molecule has 3 rings (SSSR count). The molecule has 0 spiro atoms. The van der Waals surface area contributed by atoms with E-state index in [9.17, 15) is 9.59 Å². The molecule has 0 aliphatic heterocycles. The number of carbonyl (C=O) groups is 2. The van der Waals surface area contributed by atoms with E-state index in [4.69, 9.17) is 16.3 Å². The Hall–Kier alpha value is -2.59. The van der Waals surface area contributed by atoms with E-state index in [1.165, 1.54) is 0 Å². The van der Waals surface area contributed by atoms with Crippen molar-refractivity contribution >= 4 is 28.9 Å². The van der Waals surface area contributed by atoms with Crippen LogP contribution in [-0.2, 0) is 4.74 Å². The van der Waals surface area contributed by atoms with Crippen LogP contribution in [0.2, 0.25) is 5.02 Å². The molecule has 24 heavy (non-hydrogen) atoms. The minimum absolute atomic E-state index is 0.0898. The van der Waals surface area contributed by atoms with E-state index < -0.39 is 0 Å². The van der Waals surface area contributed by atoms with Crippen molar-refractivity contribution in [1.29, 1.82) is 0 Å². The molecule has 0 aliphatic carbocycles. The van der Waals surface area contributed by atoms with Crippen molar-refractivity contribution in [2.24, 2.45) is 0 Å². The topological polar surface area (TPSA) is 47.8 Å². The second-order valence-corrected chi connectivity index (χ2v) is 5.88. The molecule has 0 N–H and O–H groups in total. The molecule has 0 unspecified atom stereocenters. The number of carbonyl (C=O) groups excluding carboxylic acids is 2. The Morgan fingerprint density at radius 2 is 1.79 bits per heavy atom. The summed E-state index contributed by atoms with van der Waals surface area (Å²) in [6.07, 6.45) is 1.72. The Morgan fingerprint density at radius 3 is 2.46 bits per heavy atom. The number of ether oxygens (including phenoxy) is 1. The van der Waals surface area contributed by atoms with Crippen LogP contribution in [-0.4, -0.2) is 22.8 Å². The highest BCUT2D eigenvalue weighted by Crippen LogP contribution is 2.22. The first kappa shape index (κ1) is 16.3. The van der Waals surface area contributed by atoms with Gasteiger partial charge in [-0.25, -0.2) is 4.79 Å². The van der Waals surface area contributed by atoms with Crippen molar-refractivity contribution in [3.05, 3.63) is 76.1 Å². The van der Waals surface area contributed by atoms with Crippen molar-refractivity contribution in [3.63, 3.8) is 0 Å². The van der Waals surface area contributed by atoms with E-state index in [0.717, 1.165) is 11.1 Å². The van der Waals surface area contributed by atoms with Crippen LogP contribution in [0.15, 0.2) is 48.7 Å². The van der Waals surface area contributed by atoms with E-state index in [1.807, 2.05) is 13.0 Å². The van der Waals surface area contributed by atoms with Gasteiger partial charge in [-0.05, 0) is 61.9 Å². The number of hydrogen-bond donors (Lipinski definition) is 0. The van der Waals surface area contributed by atoms with Gasteiger partial charge >= 0.3 is 5.97 Å². The maximum Gasteiger partial charge on any atom is 0.338 e. The standard InChI is InChI=1S/C19H16ClNO3/c1-3-24-19(23)14-8-9-21-16(11-14)10-12(2)17(21)18(22)13-4-6-15(20)7-5-13/h4-11H,3H2,1-2H3. The molecule has 2 heterocycles. The van der Waals surface area contributed by atoms with Crippen molar-refractivity contribution < 1.29 is 14.3 Å². The fraction of sp³-hybridized carbons (Fsp3) is 0.158. The number of aromatic nitrogens is 1. The van der Waals surface area contributed by atoms with Crippen molar-refractivity contribution in [2.75, 3.05) is 6.61 Å². The molecule has 5 heteroatoms. The van der Waals surface area contributed by atoms with Crippen molar-refractivity contribution in [3.8, 4) is 0 Å². The lowest BCUT2D eigenvalue weighted by atomic mass is 10.1. The molecule has 4 nitrogen and oxygen atoms in total. The van der Waals surface area contributed by atoms with E-state index in [1.54, 1.807) is 53.9 Å². The average Bonchev–Trinajstić information content (AvgIpc) is 2.90. The lowest BCUT2D eigenvalue weighted by Gasteiger charge is -2.06. The fourth-order valence-electron chi connectivity index (χ4n) is 2.68. The third-order valence-electron chi connectivity index (χ3n) is 3.80. The van der Waals surface area contributed by atoms with Gasteiger partial charge in [0.05, 0.1) is 17.9 Å². The van der Waals surface area contributed by atoms with Crippen LogP contribution < -0.4 is 0 Å². The minimum atomic E-state index is -0.371. The number of pyridine rings is 1. The summed E-state index contributed by atoms with van der Waals surface area (Å²) in [6.45, 7) is 3.96. The molecule has 0 atom stereocenters. The Labute approximate surface area is 144 Å². The number of ketones is 1. The van der Waals surface area contributed by atoms with Crippen LogP contribution in [0.4, 0.5) is 0 Å². The minimum Gasteiger partial charge on any atom is -0.462 e. The Balaban J connectivity index is 2.05. The third kappa shape index (κ3) is 2.93. The molecule has 1 aromatic carbocycles. The lowest BCUT2D eigenvalue weighted by Crippen LogP contribution is -2.08. The molecule has 122 valence electrons. The number of esters is 1. The summed E-state index contributed by atoms with van der Waals surface area (Å²) in [4.78, 5) is 24.7. The van der Waals surface area contributed by atoms with Crippen LogP contribution in [0.1, 0.15) is 38.9 Å². The summed E-state index contributed by atoms with van der Waals surface area (Å²) in [7, 11) is 0. The van der Waals surface area contributed by atoms with E-state index in [2.05, 4.69) is 0 Å². The monoisotopic (exact) mass is 341 g/mol. The Morgan fingerprint density at radius 1 is 1.08 bits per heavy atom. The summed E-state index contributed by atoms with van der Waals surface area (Å²) in [6, 6.07) is 12.1. The van der Waals surface area contributed by atoms with Crippen LogP contribution in [0.3, 0.4) is 0 Å². The van der Waals surface area contributed by atoms with Gasteiger partial charge in [0.2, 0.25) is 5.78 Å². The summed E-state index contributed by atoms with van der Waals surface area (Å²) in [5.41, 5.74) is 3.22. The maximum absolute atomic E-state index is 12.8. The zero-order valence-electron chi connectivity index (χ0n) is 13.4. The third-order valence-corrected chi connectivity index (χ3v) is 4.05. The second kappa shape index (κ2) is 6.49. The van der Waals surface area contributed by atoms with Gasteiger partial charge in [0.15, 0.2) is 0 Å². The molecular formula is C19H16ClNO3. The number of halogens is 1. The van der Waals surface area contributed by atoms with Crippen LogP contribution in [0, 0.1) is 6.92 Å². The first-order chi connectivity index (χ1) is 11.5. The quantitative estimate of drug-likeness (QED) is 0.525. The van der Waals surface area contributed by atoms with Gasteiger partial charge in [-0.1, -0.05) is 11.6 Å². The van der Waals surface area contributed by atoms with Crippen LogP contribution in [0.25, 0.3) is 5.52 Å². The second-order valence-electron chi connectivity index (χ2n) is 5.44. The number of fused-ring (bicyclic) bond motifs is 1. The average molecular weight is 342 g/mol. The van der Waals surface area contributed by atoms with E-state index >= 15 is 0 Å². The van der Waals surface area contributed by atoms with Gasteiger partial charge in [-0.2, -0.15) is 0 Å².